The maximum Gasteiger partial charge on any atom is 0.191 e. The van der Waals surface area contributed by atoms with Crippen molar-refractivity contribution in [2.75, 3.05) is 26.7 Å². The lowest BCUT2D eigenvalue weighted by Gasteiger charge is -2.12. The molecule has 1 aromatic carbocycles. The Kier molecular flexibility index (Phi) is 8.25. The third kappa shape index (κ3) is 6.38. The first-order valence-corrected chi connectivity index (χ1v) is 9.66. The lowest BCUT2D eigenvalue weighted by atomic mass is 10.1. The van der Waals surface area contributed by atoms with E-state index in [9.17, 15) is 0 Å². The van der Waals surface area contributed by atoms with Gasteiger partial charge in [-0.25, -0.2) is 4.98 Å². The van der Waals surface area contributed by atoms with E-state index in [4.69, 9.17) is 4.74 Å². The Morgan fingerprint density at radius 2 is 2.04 bits per heavy atom. The lowest BCUT2D eigenvalue weighted by Crippen LogP contribution is -2.38. The second kappa shape index (κ2) is 10.7. The SMILES string of the molecule is CCNC(=NCCc1ncc(CC)s1)NCCc1ccccc1OC. The molecule has 136 valence electrons. The average molecular weight is 361 g/mol. The number of methoxy groups -OCH3 is 1. The summed E-state index contributed by atoms with van der Waals surface area (Å²) in [6.45, 7) is 6.62. The van der Waals surface area contributed by atoms with Crippen molar-refractivity contribution >= 4 is 17.3 Å². The number of aryl methyl sites for hydroxylation is 1. The van der Waals surface area contributed by atoms with Gasteiger partial charge in [0.2, 0.25) is 0 Å². The number of benzene rings is 1. The number of para-hydroxylation sites is 1. The molecule has 2 rings (SSSR count). The van der Waals surface area contributed by atoms with Crippen LogP contribution in [0.2, 0.25) is 0 Å². The van der Waals surface area contributed by atoms with Crippen LogP contribution in [0.5, 0.6) is 5.75 Å². The monoisotopic (exact) mass is 360 g/mol. The van der Waals surface area contributed by atoms with Crippen LogP contribution in [0.3, 0.4) is 0 Å². The maximum absolute atomic E-state index is 5.40. The van der Waals surface area contributed by atoms with Crippen molar-refractivity contribution in [2.45, 2.75) is 33.1 Å². The third-order valence-electron chi connectivity index (χ3n) is 3.77. The van der Waals surface area contributed by atoms with Crippen LogP contribution in [-0.2, 0) is 19.3 Å². The molecule has 1 aromatic heterocycles. The number of aromatic nitrogens is 1. The minimum atomic E-state index is 0.737. The Morgan fingerprint density at radius 1 is 1.20 bits per heavy atom. The first-order valence-electron chi connectivity index (χ1n) is 8.84. The number of hydrogen-bond acceptors (Lipinski definition) is 4. The summed E-state index contributed by atoms with van der Waals surface area (Å²) in [5.41, 5.74) is 1.20. The number of rotatable bonds is 9. The summed E-state index contributed by atoms with van der Waals surface area (Å²) < 4.78 is 5.40. The molecule has 0 aliphatic carbocycles. The van der Waals surface area contributed by atoms with Crippen LogP contribution in [0.15, 0.2) is 35.5 Å². The summed E-state index contributed by atoms with van der Waals surface area (Å²) in [6, 6.07) is 8.12. The number of aliphatic imine (C=N–C) groups is 1. The largest absolute Gasteiger partial charge is 0.496 e. The van der Waals surface area contributed by atoms with Gasteiger partial charge in [-0.1, -0.05) is 25.1 Å². The quantitative estimate of drug-likeness (QED) is 0.533. The van der Waals surface area contributed by atoms with Crippen molar-refractivity contribution in [3.8, 4) is 5.75 Å². The molecule has 0 saturated carbocycles. The van der Waals surface area contributed by atoms with Crippen molar-refractivity contribution in [3.05, 3.63) is 45.9 Å². The Morgan fingerprint density at radius 3 is 2.76 bits per heavy atom. The molecule has 0 aliphatic heterocycles. The molecule has 1 heterocycles. The van der Waals surface area contributed by atoms with Gasteiger partial charge in [0.25, 0.3) is 0 Å². The van der Waals surface area contributed by atoms with E-state index in [0.29, 0.717) is 0 Å². The summed E-state index contributed by atoms with van der Waals surface area (Å²) in [5, 5.41) is 7.84. The summed E-state index contributed by atoms with van der Waals surface area (Å²) in [6.07, 6.45) is 4.79. The van der Waals surface area contributed by atoms with Crippen LogP contribution in [0.1, 0.15) is 29.3 Å². The van der Waals surface area contributed by atoms with E-state index in [0.717, 1.165) is 55.6 Å². The molecule has 0 spiro atoms. The van der Waals surface area contributed by atoms with Gasteiger partial charge in [-0.2, -0.15) is 0 Å². The minimum absolute atomic E-state index is 0.737. The molecule has 0 saturated heterocycles. The van der Waals surface area contributed by atoms with E-state index in [1.54, 1.807) is 18.4 Å². The van der Waals surface area contributed by atoms with Crippen LogP contribution in [0, 0.1) is 0 Å². The van der Waals surface area contributed by atoms with Crippen molar-refractivity contribution in [1.82, 2.24) is 15.6 Å². The molecular formula is C19H28N4OS. The lowest BCUT2D eigenvalue weighted by molar-refractivity contribution is 0.409. The van der Waals surface area contributed by atoms with E-state index in [2.05, 4.69) is 40.5 Å². The number of hydrogen-bond donors (Lipinski definition) is 2. The van der Waals surface area contributed by atoms with Gasteiger partial charge in [-0.05, 0) is 31.4 Å². The fourth-order valence-corrected chi connectivity index (χ4v) is 3.31. The Hall–Kier alpha value is -2.08. The number of ether oxygens (including phenoxy) is 1. The molecule has 6 heteroatoms. The molecule has 5 nitrogen and oxygen atoms in total. The zero-order valence-electron chi connectivity index (χ0n) is 15.3. The van der Waals surface area contributed by atoms with Gasteiger partial charge < -0.3 is 15.4 Å². The highest BCUT2D eigenvalue weighted by molar-refractivity contribution is 7.11. The fourth-order valence-electron chi connectivity index (χ4n) is 2.46. The van der Waals surface area contributed by atoms with Crippen LogP contribution < -0.4 is 15.4 Å². The van der Waals surface area contributed by atoms with E-state index in [-0.39, 0.29) is 0 Å². The van der Waals surface area contributed by atoms with Gasteiger partial charge in [0.1, 0.15) is 5.75 Å². The summed E-state index contributed by atoms with van der Waals surface area (Å²) in [7, 11) is 1.71. The average Bonchev–Trinajstić information content (AvgIpc) is 3.10. The Bertz CT molecular complexity index is 669. The number of thiazole rings is 1. The molecular weight excluding hydrogens is 332 g/mol. The molecule has 0 aliphatic rings. The van der Waals surface area contributed by atoms with E-state index >= 15 is 0 Å². The van der Waals surface area contributed by atoms with Gasteiger partial charge in [0.05, 0.1) is 12.1 Å². The number of nitrogens with one attached hydrogen (secondary N) is 2. The van der Waals surface area contributed by atoms with E-state index < -0.39 is 0 Å². The second-order valence-electron chi connectivity index (χ2n) is 5.57. The molecule has 0 radical (unpaired) electrons. The van der Waals surface area contributed by atoms with Gasteiger partial charge >= 0.3 is 0 Å². The second-order valence-corrected chi connectivity index (χ2v) is 6.77. The predicted octanol–water partition coefficient (Wildman–Crippen LogP) is 3.05. The molecule has 2 aromatic rings. The van der Waals surface area contributed by atoms with Gasteiger partial charge in [-0.3, -0.25) is 4.99 Å². The number of guanidine groups is 1. The van der Waals surface area contributed by atoms with Gasteiger partial charge in [0.15, 0.2) is 5.96 Å². The molecule has 25 heavy (non-hydrogen) atoms. The molecule has 0 unspecified atom stereocenters. The molecule has 2 N–H and O–H groups in total. The van der Waals surface area contributed by atoms with Gasteiger partial charge in [0, 0.05) is 37.1 Å². The zero-order valence-corrected chi connectivity index (χ0v) is 16.2. The smallest absolute Gasteiger partial charge is 0.191 e. The van der Waals surface area contributed by atoms with Crippen molar-refractivity contribution in [1.29, 1.82) is 0 Å². The van der Waals surface area contributed by atoms with Crippen LogP contribution >= 0.6 is 11.3 Å². The normalized spacial score (nSPS) is 11.4. The predicted molar refractivity (Wildman–Crippen MR) is 106 cm³/mol. The Balaban J connectivity index is 1.82. The molecule has 0 bridgehead atoms. The molecule has 0 fully saturated rings. The van der Waals surface area contributed by atoms with Gasteiger partial charge in [-0.15, -0.1) is 11.3 Å². The standard InChI is InChI=1S/C19H28N4OS/c1-4-16-14-23-18(25-16)11-13-22-19(20-5-2)21-12-10-15-8-6-7-9-17(15)24-3/h6-9,14H,4-5,10-13H2,1-3H3,(H2,20,21,22). The Labute approximate surface area is 154 Å². The molecule has 0 amide bonds. The minimum Gasteiger partial charge on any atom is -0.496 e. The molecule has 0 atom stereocenters. The van der Waals surface area contributed by atoms with Crippen molar-refractivity contribution in [3.63, 3.8) is 0 Å². The zero-order chi connectivity index (χ0) is 17.9. The van der Waals surface area contributed by atoms with Crippen LogP contribution in [-0.4, -0.2) is 37.7 Å². The van der Waals surface area contributed by atoms with Crippen LogP contribution in [0.25, 0.3) is 0 Å². The summed E-state index contributed by atoms with van der Waals surface area (Å²) in [4.78, 5) is 10.4. The number of nitrogens with zero attached hydrogens (tertiary/aromatic N) is 2. The van der Waals surface area contributed by atoms with E-state index in [1.807, 2.05) is 24.4 Å². The topological polar surface area (TPSA) is 58.5 Å². The fraction of sp³-hybridized carbons (Fsp3) is 0.474. The first-order chi connectivity index (χ1) is 12.3. The highest BCUT2D eigenvalue weighted by Gasteiger charge is 2.03. The highest BCUT2D eigenvalue weighted by Crippen LogP contribution is 2.17. The highest BCUT2D eigenvalue weighted by atomic mass is 32.1. The van der Waals surface area contributed by atoms with Crippen molar-refractivity contribution < 1.29 is 4.74 Å². The van der Waals surface area contributed by atoms with Crippen molar-refractivity contribution in [2.24, 2.45) is 4.99 Å². The first kappa shape index (κ1) is 19.2. The van der Waals surface area contributed by atoms with Crippen LogP contribution in [0.4, 0.5) is 0 Å². The summed E-state index contributed by atoms with van der Waals surface area (Å²) in [5.74, 6) is 1.78. The third-order valence-corrected chi connectivity index (χ3v) is 4.97. The van der Waals surface area contributed by atoms with E-state index in [1.165, 1.54) is 10.4 Å². The maximum atomic E-state index is 5.40. The summed E-state index contributed by atoms with van der Waals surface area (Å²) >= 11 is 1.78.